The minimum absolute atomic E-state index is 0.195. The highest BCUT2D eigenvalue weighted by atomic mass is 16.2. The number of aromatic nitrogens is 6. The first-order valence-electron chi connectivity index (χ1n) is 7.63. The number of carbonyl (C=O) groups excluding carboxylic acids is 1. The van der Waals surface area contributed by atoms with Gasteiger partial charge in [0.15, 0.2) is 0 Å². The van der Waals surface area contributed by atoms with Gasteiger partial charge in [-0.15, -0.1) is 0 Å². The van der Waals surface area contributed by atoms with Gasteiger partial charge in [0.2, 0.25) is 0 Å². The summed E-state index contributed by atoms with van der Waals surface area (Å²) in [5, 5.41) is 11.4. The van der Waals surface area contributed by atoms with Gasteiger partial charge in [-0.25, -0.2) is 4.98 Å². The van der Waals surface area contributed by atoms with Crippen LogP contribution in [0.15, 0.2) is 24.7 Å². The molecule has 118 valence electrons. The van der Waals surface area contributed by atoms with Gasteiger partial charge in [-0.3, -0.25) is 9.48 Å². The first kappa shape index (κ1) is 13.9. The average Bonchev–Trinajstić information content (AvgIpc) is 3.11. The molecule has 0 radical (unpaired) electrons. The molecule has 4 rings (SSSR count). The van der Waals surface area contributed by atoms with Crippen LogP contribution in [-0.4, -0.2) is 35.3 Å². The zero-order chi connectivity index (χ0) is 16.0. The van der Waals surface area contributed by atoms with Gasteiger partial charge in [0.1, 0.15) is 12.0 Å². The van der Waals surface area contributed by atoms with Crippen molar-refractivity contribution in [2.24, 2.45) is 7.05 Å². The Balaban J connectivity index is 1.64. The van der Waals surface area contributed by atoms with E-state index in [0.29, 0.717) is 17.4 Å². The smallest absolute Gasteiger partial charge is 0.270 e. The van der Waals surface area contributed by atoms with Crippen LogP contribution in [0.3, 0.4) is 0 Å². The van der Waals surface area contributed by atoms with E-state index in [1.54, 1.807) is 4.68 Å². The normalized spacial score (nSPS) is 15.7. The molecule has 1 amide bonds. The van der Waals surface area contributed by atoms with E-state index in [1.165, 1.54) is 10.8 Å². The lowest BCUT2D eigenvalue weighted by Crippen LogP contribution is -2.29. The maximum atomic E-state index is 12.7. The summed E-state index contributed by atoms with van der Waals surface area (Å²) in [4.78, 5) is 21.3. The Labute approximate surface area is 132 Å². The van der Waals surface area contributed by atoms with E-state index < -0.39 is 0 Å². The third-order valence-corrected chi connectivity index (χ3v) is 4.03. The second-order valence-electron chi connectivity index (χ2n) is 5.92. The molecule has 1 N–H and O–H groups in total. The Morgan fingerprint density at radius 3 is 2.96 bits per heavy atom. The summed E-state index contributed by atoms with van der Waals surface area (Å²) in [6.07, 6.45) is 5.49. The van der Waals surface area contributed by atoms with Crippen molar-refractivity contribution < 1.29 is 4.79 Å². The van der Waals surface area contributed by atoms with E-state index in [2.05, 4.69) is 25.5 Å². The molecule has 1 aliphatic rings. The number of rotatable bonds is 4. The van der Waals surface area contributed by atoms with Crippen LogP contribution < -0.4 is 5.32 Å². The molecule has 0 aliphatic heterocycles. The van der Waals surface area contributed by atoms with Crippen molar-refractivity contribution in [2.75, 3.05) is 0 Å². The zero-order valence-corrected chi connectivity index (χ0v) is 13.0. The van der Waals surface area contributed by atoms with E-state index in [1.807, 2.05) is 32.3 Å². The molecule has 3 aromatic heterocycles. The fourth-order valence-electron chi connectivity index (χ4n) is 2.59. The molecular weight excluding hydrogens is 294 g/mol. The molecular formula is C15H17N7O. The van der Waals surface area contributed by atoms with Gasteiger partial charge < -0.3 is 5.32 Å². The van der Waals surface area contributed by atoms with E-state index in [0.717, 1.165) is 24.2 Å². The quantitative estimate of drug-likeness (QED) is 0.782. The highest BCUT2D eigenvalue weighted by molar-refractivity contribution is 5.93. The highest BCUT2D eigenvalue weighted by Gasteiger charge is 2.28. The Bertz CT molecular complexity index is 877. The molecule has 0 aromatic carbocycles. The van der Waals surface area contributed by atoms with Crippen LogP contribution in [0.25, 0.3) is 5.78 Å². The predicted molar refractivity (Wildman–Crippen MR) is 81.8 cm³/mol. The summed E-state index contributed by atoms with van der Waals surface area (Å²) in [5.74, 6) is 0.699. The van der Waals surface area contributed by atoms with Crippen molar-refractivity contribution >= 4 is 11.7 Å². The number of fused-ring (bicyclic) bond motifs is 1. The summed E-state index contributed by atoms with van der Waals surface area (Å²) in [6.45, 7) is 1.90. The van der Waals surface area contributed by atoms with Gasteiger partial charge >= 0.3 is 0 Å². The molecule has 8 heteroatoms. The lowest BCUT2D eigenvalue weighted by atomic mass is 10.2. The van der Waals surface area contributed by atoms with Crippen molar-refractivity contribution in [2.45, 2.75) is 31.7 Å². The van der Waals surface area contributed by atoms with Crippen LogP contribution >= 0.6 is 0 Å². The van der Waals surface area contributed by atoms with E-state index in [9.17, 15) is 4.79 Å². The van der Waals surface area contributed by atoms with Gasteiger partial charge in [-0.1, -0.05) is 0 Å². The number of amides is 1. The number of nitrogens with one attached hydrogen (secondary N) is 1. The Morgan fingerprint density at radius 2 is 2.26 bits per heavy atom. The molecule has 0 bridgehead atoms. The maximum absolute atomic E-state index is 12.7. The van der Waals surface area contributed by atoms with Crippen LogP contribution in [-0.2, 0) is 7.05 Å². The van der Waals surface area contributed by atoms with Gasteiger partial charge in [0.05, 0.1) is 11.7 Å². The fourth-order valence-corrected chi connectivity index (χ4v) is 2.59. The standard InChI is InChI=1S/C15H17N7O/c1-9(11-5-6-21(2)20-11)18-14(23)13-7-12(10-3-4-10)19-15-16-8-17-22(13)15/h5-10H,3-4H2,1-2H3,(H,18,23)/t9-/m0/s1. The second kappa shape index (κ2) is 5.15. The van der Waals surface area contributed by atoms with Gasteiger partial charge in [-0.2, -0.15) is 19.7 Å². The van der Waals surface area contributed by atoms with Gasteiger partial charge in [-0.05, 0) is 31.9 Å². The zero-order valence-electron chi connectivity index (χ0n) is 13.0. The molecule has 1 aliphatic carbocycles. The van der Waals surface area contributed by atoms with Crippen molar-refractivity contribution in [3.8, 4) is 0 Å². The molecule has 1 atom stereocenters. The molecule has 8 nitrogen and oxygen atoms in total. The summed E-state index contributed by atoms with van der Waals surface area (Å²) in [7, 11) is 1.85. The molecule has 3 heterocycles. The van der Waals surface area contributed by atoms with Crippen molar-refractivity contribution in [1.82, 2.24) is 34.7 Å². The van der Waals surface area contributed by atoms with E-state index >= 15 is 0 Å². The van der Waals surface area contributed by atoms with Crippen LogP contribution in [0.5, 0.6) is 0 Å². The van der Waals surface area contributed by atoms with Crippen molar-refractivity contribution in [1.29, 1.82) is 0 Å². The topological polar surface area (TPSA) is 90.0 Å². The highest BCUT2D eigenvalue weighted by Crippen LogP contribution is 2.39. The monoisotopic (exact) mass is 311 g/mol. The third kappa shape index (κ3) is 2.56. The number of aryl methyl sites for hydroxylation is 1. The summed E-state index contributed by atoms with van der Waals surface area (Å²) < 4.78 is 3.19. The number of hydrogen-bond donors (Lipinski definition) is 1. The minimum atomic E-state index is -0.206. The maximum Gasteiger partial charge on any atom is 0.270 e. The molecule has 1 fully saturated rings. The van der Waals surface area contributed by atoms with Gasteiger partial charge in [0, 0.05) is 24.9 Å². The molecule has 0 spiro atoms. The molecule has 0 unspecified atom stereocenters. The Kier molecular flexibility index (Phi) is 3.10. The Hall–Kier alpha value is -2.77. The lowest BCUT2D eigenvalue weighted by molar-refractivity contribution is 0.0931. The van der Waals surface area contributed by atoms with E-state index in [4.69, 9.17) is 0 Å². The third-order valence-electron chi connectivity index (χ3n) is 4.03. The SMILES string of the molecule is C[C@H](NC(=O)c1cc(C2CC2)nc2ncnn12)c1ccn(C)n1. The van der Waals surface area contributed by atoms with Crippen LogP contribution in [0.2, 0.25) is 0 Å². The summed E-state index contributed by atoms with van der Waals surface area (Å²) in [5.41, 5.74) is 2.19. The van der Waals surface area contributed by atoms with Crippen molar-refractivity contribution in [3.05, 3.63) is 41.7 Å². The first-order valence-corrected chi connectivity index (χ1v) is 7.63. The summed E-state index contributed by atoms with van der Waals surface area (Å²) in [6, 6.07) is 3.51. The van der Waals surface area contributed by atoms with Gasteiger partial charge in [0.25, 0.3) is 11.7 Å². The number of carbonyl (C=O) groups is 1. The second-order valence-corrected chi connectivity index (χ2v) is 5.92. The Morgan fingerprint density at radius 1 is 1.43 bits per heavy atom. The molecule has 23 heavy (non-hydrogen) atoms. The average molecular weight is 311 g/mol. The van der Waals surface area contributed by atoms with E-state index in [-0.39, 0.29) is 11.9 Å². The fraction of sp³-hybridized carbons (Fsp3) is 0.400. The lowest BCUT2D eigenvalue weighted by Gasteiger charge is -2.12. The summed E-state index contributed by atoms with van der Waals surface area (Å²) >= 11 is 0. The van der Waals surface area contributed by atoms with Crippen LogP contribution in [0.1, 0.15) is 53.6 Å². The predicted octanol–water partition coefficient (Wildman–Crippen LogP) is 1.23. The van der Waals surface area contributed by atoms with Crippen LogP contribution in [0.4, 0.5) is 0 Å². The first-order chi connectivity index (χ1) is 11.1. The molecule has 3 aromatic rings. The largest absolute Gasteiger partial charge is 0.343 e. The minimum Gasteiger partial charge on any atom is -0.343 e. The molecule has 0 saturated heterocycles. The van der Waals surface area contributed by atoms with Crippen molar-refractivity contribution in [3.63, 3.8) is 0 Å². The molecule has 1 saturated carbocycles. The van der Waals surface area contributed by atoms with Crippen LogP contribution in [0, 0.1) is 0 Å². The number of nitrogens with zero attached hydrogens (tertiary/aromatic N) is 6. The number of hydrogen-bond acceptors (Lipinski definition) is 5.